The molecule has 7 heteroatoms. The summed E-state index contributed by atoms with van der Waals surface area (Å²) in [5, 5.41) is 2.79. The topological polar surface area (TPSA) is 84.5 Å². The number of rotatable bonds is 9. The summed E-state index contributed by atoms with van der Waals surface area (Å²) in [5.74, 6) is 0.449. The second kappa shape index (κ2) is 9.93. The van der Waals surface area contributed by atoms with E-state index in [1.165, 1.54) is 12.1 Å². The van der Waals surface area contributed by atoms with Gasteiger partial charge in [-0.3, -0.25) is 9.52 Å². The van der Waals surface area contributed by atoms with Crippen LogP contribution in [0.3, 0.4) is 0 Å². The molecule has 0 aliphatic rings. The molecule has 0 aromatic heterocycles. The number of carbonyl (C=O) groups is 1. The van der Waals surface area contributed by atoms with Gasteiger partial charge in [-0.2, -0.15) is 0 Å². The van der Waals surface area contributed by atoms with Crippen molar-refractivity contribution in [3.8, 4) is 5.75 Å². The van der Waals surface area contributed by atoms with Gasteiger partial charge in [0.2, 0.25) is 0 Å². The predicted octanol–water partition coefficient (Wildman–Crippen LogP) is 3.99. The lowest BCUT2D eigenvalue weighted by Crippen LogP contribution is -2.26. The van der Waals surface area contributed by atoms with Gasteiger partial charge in [0.1, 0.15) is 5.75 Å². The van der Waals surface area contributed by atoms with Crippen LogP contribution in [0, 0.1) is 6.92 Å². The fraction of sp³-hybridized carbons (Fsp3) is 0.174. The lowest BCUT2D eigenvalue weighted by atomic mass is 10.2. The van der Waals surface area contributed by atoms with Crippen molar-refractivity contribution < 1.29 is 17.9 Å². The van der Waals surface area contributed by atoms with E-state index in [2.05, 4.69) is 10.0 Å². The predicted molar refractivity (Wildman–Crippen MR) is 117 cm³/mol. The number of ether oxygens (including phenoxy) is 1. The molecule has 0 saturated heterocycles. The molecule has 0 bridgehead atoms. The van der Waals surface area contributed by atoms with E-state index >= 15 is 0 Å². The summed E-state index contributed by atoms with van der Waals surface area (Å²) in [6.45, 7) is 2.77. The molecule has 30 heavy (non-hydrogen) atoms. The van der Waals surface area contributed by atoms with Gasteiger partial charge in [-0.25, -0.2) is 8.42 Å². The van der Waals surface area contributed by atoms with E-state index in [0.717, 1.165) is 11.3 Å². The monoisotopic (exact) mass is 424 g/mol. The molecule has 156 valence electrons. The Balaban J connectivity index is 1.55. The Labute approximate surface area is 177 Å². The van der Waals surface area contributed by atoms with Crippen LogP contribution in [0.2, 0.25) is 0 Å². The van der Waals surface area contributed by atoms with Crippen molar-refractivity contribution in [2.24, 2.45) is 0 Å². The van der Waals surface area contributed by atoms with E-state index < -0.39 is 10.0 Å². The van der Waals surface area contributed by atoms with Gasteiger partial charge >= 0.3 is 0 Å². The van der Waals surface area contributed by atoms with E-state index in [4.69, 9.17) is 4.74 Å². The summed E-state index contributed by atoms with van der Waals surface area (Å²) in [4.78, 5) is 12.4. The number of carbonyl (C=O) groups excluding carboxylic acids is 1. The second-order valence-corrected chi connectivity index (χ2v) is 8.46. The van der Waals surface area contributed by atoms with Gasteiger partial charge in [0, 0.05) is 17.8 Å². The highest BCUT2D eigenvalue weighted by Gasteiger charge is 2.16. The lowest BCUT2D eigenvalue weighted by molar-refractivity contribution is 0.0951. The van der Waals surface area contributed by atoms with Gasteiger partial charge in [0.25, 0.3) is 15.9 Å². The summed E-state index contributed by atoms with van der Waals surface area (Å²) < 4.78 is 33.4. The first-order valence-corrected chi connectivity index (χ1v) is 11.1. The first kappa shape index (κ1) is 21.4. The average Bonchev–Trinajstić information content (AvgIpc) is 2.74. The summed E-state index contributed by atoms with van der Waals surface area (Å²) >= 11 is 0. The molecule has 3 aromatic carbocycles. The smallest absolute Gasteiger partial charge is 0.261 e. The zero-order valence-corrected chi connectivity index (χ0v) is 17.5. The molecular weight excluding hydrogens is 400 g/mol. The summed E-state index contributed by atoms with van der Waals surface area (Å²) in [5.41, 5.74) is 1.70. The molecule has 3 aromatic rings. The van der Waals surface area contributed by atoms with Gasteiger partial charge in [-0.15, -0.1) is 0 Å². The number of nitrogens with one attached hydrogen (secondary N) is 2. The van der Waals surface area contributed by atoms with Crippen LogP contribution in [0.15, 0.2) is 83.8 Å². The third kappa shape index (κ3) is 6.09. The lowest BCUT2D eigenvalue weighted by Gasteiger charge is -2.10. The van der Waals surface area contributed by atoms with Crippen LogP contribution in [0.4, 0.5) is 5.69 Å². The van der Waals surface area contributed by atoms with E-state index in [-0.39, 0.29) is 16.4 Å². The molecule has 0 unspecified atom stereocenters. The Morgan fingerprint density at radius 3 is 2.47 bits per heavy atom. The first-order chi connectivity index (χ1) is 14.4. The average molecular weight is 425 g/mol. The number of hydrogen-bond donors (Lipinski definition) is 2. The highest BCUT2D eigenvalue weighted by Crippen LogP contribution is 2.18. The van der Waals surface area contributed by atoms with Crippen molar-refractivity contribution in [1.29, 1.82) is 0 Å². The molecule has 0 saturated carbocycles. The second-order valence-electron chi connectivity index (χ2n) is 6.77. The molecule has 2 N–H and O–H groups in total. The number of anilines is 1. The fourth-order valence-corrected chi connectivity index (χ4v) is 3.90. The number of hydrogen-bond acceptors (Lipinski definition) is 4. The summed E-state index contributed by atoms with van der Waals surface area (Å²) in [7, 11) is -3.80. The zero-order chi connectivity index (χ0) is 21.4. The van der Waals surface area contributed by atoms with Crippen molar-refractivity contribution in [3.05, 3.63) is 90.0 Å². The molecule has 0 radical (unpaired) electrons. The standard InChI is InChI=1S/C23H24N2O4S/c1-18-8-5-10-20(16-18)25-30(27,28)22-13-6-9-19(17-22)23(26)24-14-7-15-29-21-11-3-2-4-12-21/h2-6,8-13,16-17,25H,7,14-15H2,1H3,(H,24,26). The number of benzene rings is 3. The van der Waals surface area contributed by atoms with Gasteiger partial charge in [-0.1, -0.05) is 36.4 Å². The minimum Gasteiger partial charge on any atom is -0.494 e. The van der Waals surface area contributed by atoms with Gasteiger partial charge in [0.05, 0.1) is 11.5 Å². The molecule has 0 heterocycles. The fourth-order valence-electron chi connectivity index (χ4n) is 2.81. The number of para-hydroxylation sites is 1. The molecule has 0 atom stereocenters. The van der Waals surface area contributed by atoms with Crippen LogP contribution in [0.1, 0.15) is 22.3 Å². The molecule has 3 rings (SSSR count). The van der Waals surface area contributed by atoms with E-state index in [1.54, 1.807) is 30.3 Å². The normalized spacial score (nSPS) is 11.0. The van der Waals surface area contributed by atoms with Crippen LogP contribution < -0.4 is 14.8 Å². The molecule has 0 aliphatic carbocycles. The summed E-state index contributed by atoms with van der Waals surface area (Å²) in [6.07, 6.45) is 0.632. The van der Waals surface area contributed by atoms with Gasteiger partial charge in [-0.05, 0) is 61.4 Å². The minimum atomic E-state index is -3.80. The SMILES string of the molecule is Cc1cccc(NS(=O)(=O)c2cccc(C(=O)NCCCOc3ccccc3)c2)c1. The van der Waals surface area contributed by atoms with Crippen LogP contribution in [0.5, 0.6) is 5.75 Å². The molecule has 1 amide bonds. The van der Waals surface area contributed by atoms with Gasteiger partial charge in [0.15, 0.2) is 0 Å². The van der Waals surface area contributed by atoms with E-state index in [1.807, 2.05) is 43.3 Å². The Morgan fingerprint density at radius 2 is 1.70 bits per heavy atom. The highest BCUT2D eigenvalue weighted by atomic mass is 32.2. The van der Waals surface area contributed by atoms with Crippen LogP contribution >= 0.6 is 0 Å². The maximum absolute atomic E-state index is 12.7. The number of amides is 1. The summed E-state index contributed by atoms with van der Waals surface area (Å²) in [6, 6.07) is 22.5. The zero-order valence-electron chi connectivity index (χ0n) is 16.7. The Morgan fingerprint density at radius 1 is 0.933 bits per heavy atom. The van der Waals surface area contributed by atoms with Crippen molar-refractivity contribution in [2.75, 3.05) is 17.9 Å². The third-order valence-electron chi connectivity index (χ3n) is 4.30. The number of aryl methyl sites for hydroxylation is 1. The number of sulfonamides is 1. The van der Waals surface area contributed by atoms with Crippen LogP contribution in [0.25, 0.3) is 0 Å². The van der Waals surface area contributed by atoms with Gasteiger partial charge < -0.3 is 10.1 Å². The van der Waals surface area contributed by atoms with Crippen LogP contribution in [-0.4, -0.2) is 27.5 Å². The van der Waals surface area contributed by atoms with Crippen molar-refractivity contribution in [1.82, 2.24) is 5.32 Å². The van der Waals surface area contributed by atoms with E-state index in [0.29, 0.717) is 25.3 Å². The quantitative estimate of drug-likeness (QED) is 0.509. The van der Waals surface area contributed by atoms with Crippen LogP contribution in [-0.2, 0) is 10.0 Å². The molecule has 0 spiro atoms. The first-order valence-electron chi connectivity index (χ1n) is 9.60. The maximum atomic E-state index is 12.7. The third-order valence-corrected chi connectivity index (χ3v) is 5.67. The Hall–Kier alpha value is -3.32. The van der Waals surface area contributed by atoms with Crippen molar-refractivity contribution in [3.63, 3.8) is 0 Å². The van der Waals surface area contributed by atoms with Crippen molar-refractivity contribution in [2.45, 2.75) is 18.2 Å². The molecule has 0 fully saturated rings. The molecular formula is C23H24N2O4S. The molecule has 6 nitrogen and oxygen atoms in total. The minimum absolute atomic E-state index is 0.0315. The molecule has 0 aliphatic heterocycles. The largest absolute Gasteiger partial charge is 0.494 e. The Kier molecular flexibility index (Phi) is 7.08. The van der Waals surface area contributed by atoms with E-state index in [9.17, 15) is 13.2 Å². The van der Waals surface area contributed by atoms with Crippen molar-refractivity contribution >= 4 is 21.6 Å². The Bertz CT molecular complexity index is 1100. The maximum Gasteiger partial charge on any atom is 0.261 e. The highest BCUT2D eigenvalue weighted by molar-refractivity contribution is 7.92.